The van der Waals surface area contributed by atoms with Crippen LogP contribution in [0.2, 0.25) is 0 Å². The molecule has 0 bridgehead atoms. The lowest BCUT2D eigenvalue weighted by Gasteiger charge is -2.19. The van der Waals surface area contributed by atoms with Crippen molar-refractivity contribution < 1.29 is 33.3 Å². The molecule has 0 fully saturated rings. The van der Waals surface area contributed by atoms with E-state index in [1.807, 2.05) is 65.8 Å². The van der Waals surface area contributed by atoms with Crippen molar-refractivity contribution in [2.45, 2.75) is 111 Å². The number of ether oxygens (including phenoxy) is 5. The van der Waals surface area contributed by atoms with E-state index < -0.39 is 17.3 Å². The van der Waals surface area contributed by atoms with Gasteiger partial charge in [-0.1, -0.05) is 25.0 Å². The molecule has 0 aliphatic heterocycles. The smallest absolute Gasteiger partial charge is 0.407 e. The van der Waals surface area contributed by atoms with E-state index in [0.29, 0.717) is 39.4 Å². The van der Waals surface area contributed by atoms with E-state index in [-0.39, 0.29) is 5.97 Å². The number of nitrogens with one attached hydrogen (secondary N) is 1. The standard InChI is InChI=1S/C30H51NO7/c1-29(2,3)37-27(32)17-10-9-12-19-35-22-21-34-18-11-7-8-13-20-36-26-16-14-15-25(23-26)24-31-28(33)38-30(4,5)6/h14-16,23H,7-13,17-22,24H2,1-6H3,(H,31,33). The predicted molar refractivity (Wildman–Crippen MR) is 149 cm³/mol. The van der Waals surface area contributed by atoms with Crippen LogP contribution >= 0.6 is 0 Å². The second-order valence-corrected chi connectivity index (χ2v) is 11.4. The summed E-state index contributed by atoms with van der Waals surface area (Å²) < 4.78 is 27.6. The molecule has 1 rings (SSSR count). The first-order valence-electron chi connectivity index (χ1n) is 14.0. The number of rotatable bonds is 19. The van der Waals surface area contributed by atoms with Crippen molar-refractivity contribution in [1.82, 2.24) is 5.32 Å². The molecule has 0 aromatic heterocycles. The molecule has 0 aliphatic carbocycles. The minimum atomic E-state index is -0.511. The maximum absolute atomic E-state index is 11.8. The van der Waals surface area contributed by atoms with Crippen LogP contribution in [0.5, 0.6) is 5.75 Å². The summed E-state index contributed by atoms with van der Waals surface area (Å²) in [6, 6.07) is 7.74. The molecule has 8 heteroatoms. The molecule has 0 spiro atoms. The Hall–Kier alpha value is -2.32. The SMILES string of the molecule is CC(C)(C)OC(=O)CCCCCOCCOCCCCCCOc1cccc(CNC(=O)OC(C)(C)C)c1. The van der Waals surface area contributed by atoms with Crippen molar-refractivity contribution in [3.63, 3.8) is 0 Å². The Bertz CT molecular complexity index is 784. The molecule has 1 aromatic carbocycles. The molecule has 0 aliphatic rings. The summed E-state index contributed by atoms with van der Waals surface area (Å²) in [6.45, 7) is 14.9. The average molecular weight is 538 g/mol. The zero-order valence-electron chi connectivity index (χ0n) is 24.6. The quantitative estimate of drug-likeness (QED) is 0.157. The minimum Gasteiger partial charge on any atom is -0.494 e. The van der Waals surface area contributed by atoms with E-state index in [4.69, 9.17) is 23.7 Å². The molecular formula is C30H51NO7. The summed E-state index contributed by atoms with van der Waals surface area (Å²) in [6.07, 6.45) is 6.97. The zero-order valence-corrected chi connectivity index (χ0v) is 24.6. The maximum atomic E-state index is 11.8. The molecule has 0 unspecified atom stereocenters. The molecule has 1 amide bonds. The average Bonchev–Trinajstić information content (AvgIpc) is 2.80. The lowest BCUT2D eigenvalue weighted by molar-refractivity contribution is -0.154. The first-order valence-corrected chi connectivity index (χ1v) is 14.0. The molecule has 0 radical (unpaired) electrons. The Balaban J connectivity index is 1.92. The van der Waals surface area contributed by atoms with Gasteiger partial charge in [0.15, 0.2) is 0 Å². The minimum absolute atomic E-state index is 0.129. The van der Waals surface area contributed by atoms with Crippen molar-refractivity contribution in [2.75, 3.05) is 33.0 Å². The van der Waals surface area contributed by atoms with Gasteiger partial charge in [0.05, 0.1) is 19.8 Å². The number of carbonyl (C=O) groups is 2. The fourth-order valence-electron chi connectivity index (χ4n) is 3.45. The summed E-state index contributed by atoms with van der Waals surface area (Å²) >= 11 is 0. The topological polar surface area (TPSA) is 92.3 Å². The Morgan fingerprint density at radius 1 is 0.711 bits per heavy atom. The van der Waals surface area contributed by atoms with Crippen LogP contribution in [-0.2, 0) is 30.3 Å². The van der Waals surface area contributed by atoms with Gasteiger partial charge in [-0.25, -0.2) is 4.79 Å². The van der Waals surface area contributed by atoms with Gasteiger partial charge in [0.2, 0.25) is 0 Å². The number of unbranched alkanes of at least 4 members (excludes halogenated alkanes) is 5. The first-order chi connectivity index (χ1) is 17.9. The van der Waals surface area contributed by atoms with Crippen molar-refractivity contribution in [1.29, 1.82) is 0 Å². The summed E-state index contributed by atoms with van der Waals surface area (Å²) in [4.78, 5) is 23.4. The van der Waals surface area contributed by atoms with Gasteiger partial charge in [-0.2, -0.15) is 0 Å². The van der Waals surface area contributed by atoms with Gasteiger partial charge in [0.25, 0.3) is 0 Å². The highest BCUT2D eigenvalue weighted by Crippen LogP contribution is 2.15. The van der Waals surface area contributed by atoms with E-state index in [2.05, 4.69) is 5.32 Å². The van der Waals surface area contributed by atoms with Crippen LogP contribution in [0.25, 0.3) is 0 Å². The van der Waals surface area contributed by atoms with Gasteiger partial charge in [0, 0.05) is 26.2 Å². The van der Waals surface area contributed by atoms with E-state index in [1.54, 1.807) is 0 Å². The Morgan fingerprint density at radius 3 is 1.89 bits per heavy atom. The molecular weight excluding hydrogens is 486 g/mol. The predicted octanol–water partition coefficient (Wildman–Crippen LogP) is 6.59. The molecule has 1 N–H and O–H groups in total. The number of carbonyl (C=O) groups excluding carboxylic acids is 2. The van der Waals surface area contributed by atoms with Crippen LogP contribution in [0.4, 0.5) is 4.79 Å². The lowest BCUT2D eigenvalue weighted by Crippen LogP contribution is -2.32. The van der Waals surface area contributed by atoms with E-state index in [9.17, 15) is 9.59 Å². The van der Waals surface area contributed by atoms with Gasteiger partial charge in [-0.15, -0.1) is 0 Å². The van der Waals surface area contributed by atoms with Crippen molar-refractivity contribution in [3.05, 3.63) is 29.8 Å². The number of alkyl carbamates (subject to hydrolysis) is 1. The third-order valence-corrected chi connectivity index (χ3v) is 5.15. The van der Waals surface area contributed by atoms with Crippen LogP contribution in [0.3, 0.4) is 0 Å². The Morgan fingerprint density at radius 2 is 1.29 bits per heavy atom. The zero-order chi connectivity index (χ0) is 28.3. The molecule has 0 saturated heterocycles. The van der Waals surface area contributed by atoms with Crippen molar-refractivity contribution in [3.8, 4) is 5.75 Å². The second-order valence-electron chi connectivity index (χ2n) is 11.4. The van der Waals surface area contributed by atoms with Crippen LogP contribution < -0.4 is 10.1 Å². The second kappa shape index (κ2) is 18.9. The highest BCUT2D eigenvalue weighted by molar-refractivity contribution is 5.69. The van der Waals surface area contributed by atoms with Crippen molar-refractivity contribution in [2.24, 2.45) is 0 Å². The first kappa shape index (κ1) is 33.7. The van der Waals surface area contributed by atoms with Crippen LogP contribution in [-0.4, -0.2) is 56.3 Å². The molecule has 8 nitrogen and oxygen atoms in total. The fourth-order valence-corrected chi connectivity index (χ4v) is 3.45. The summed E-state index contributed by atoms with van der Waals surface area (Å²) in [5.74, 6) is 0.676. The monoisotopic (exact) mass is 537 g/mol. The van der Waals surface area contributed by atoms with Crippen LogP contribution in [0.1, 0.15) is 98.5 Å². The molecule has 0 saturated carbocycles. The number of esters is 1. The molecule has 38 heavy (non-hydrogen) atoms. The van der Waals surface area contributed by atoms with Gasteiger partial charge in [-0.05, 0) is 91.3 Å². The Labute approximate surface area is 230 Å². The highest BCUT2D eigenvalue weighted by Gasteiger charge is 2.16. The summed E-state index contributed by atoms with van der Waals surface area (Å²) in [5, 5.41) is 2.76. The molecule has 1 aromatic rings. The molecule has 0 heterocycles. The number of amides is 1. The van der Waals surface area contributed by atoms with Gasteiger partial charge in [0.1, 0.15) is 17.0 Å². The van der Waals surface area contributed by atoms with Gasteiger partial charge < -0.3 is 29.0 Å². The lowest BCUT2D eigenvalue weighted by atomic mass is 10.1. The van der Waals surface area contributed by atoms with Gasteiger partial charge in [-0.3, -0.25) is 4.79 Å². The normalized spacial score (nSPS) is 11.7. The number of benzene rings is 1. The van der Waals surface area contributed by atoms with Crippen LogP contribution in [0.15, 0.2) is 24.3 Å². The highest BCUT2D eigenvalue weighted by atomic mass is 16.6. The van der Waals surface area contributed by atoms with E-state index >= 15 is 0 Å². The van der Waals surface area contributed by atoms with Crippen molar-refractivity contribution >= 4 is 12.1 Å². The van der Waals surface area contributed by atoms with Gasteiger partial charge >= 0.3 is 12.1 Å². The largest absolute Gasteiger partial charge is 0.494 e. The number of hydrogen-bond acceptors (Lipinski definition) is 7. The van der Waals surface area contributed by atoms with Crippen LogP contribution in [0, 0.1) is 0 Å². The summed E-state index contributed by atoms with van der Waals surface area (Å²) in [7, 11) is 0. The third kappa shape index (κ3) is 20.7. The maximum Gasteiger partial charge on any atom is 0.407 e. The molecule has 218 valence electrons. The number of hydrogen-bond donors (Lipinski definition) is 1. The molecule has 0 atom stereocenters. The Kier molecular flexibility index (Phi) is 16.7. The summed E-state index contributed by atoms with van der Waals surface area (Å²) in [5.41, 5.74) is 0.0452. The fraction of sp³-hybridized carbons (Fsp3) is 0.733. The third-order valence-electron chi connectivity index (χ3n) is 5.15. The van der Waals surface area contributed by atoms with E-state index in [1.165, 1.54) is 0 Å². The van der Waals surface area contributed by atoms with E-state index in [0.717, 1.165) is 62.9 Å².